The number of hydrogen-bond acceptors (Lipinski definition) is 3. The van der Waals surface area contributed by atoms with Gasteiger partial charge in [0, 0.05) is 17.6 Å². The number of aromatic nitrogens is 3. The minimum atomic E-state index is 0.599. The van der Waals surface area contributed by atoms with Gasteiger partial charge in [-0.1, -0.05) is 0 Å². The number of ether oxygens (including phenoxy) is 1. The number of aromatic amines is 1. The third-order valence-electron chi connectivity index (χ3n) is 1.51. The van der Waals surface area contributed by atoms with Gasteiger partial charge in [0.1, 0.15) is 0 Å². The Labute approximate surface area is 63.2 Å². The predicted octanol–water partition coefficient (Wildman–Crippen LogP) is 0.966. The van der Waals surface area contributed by atoms with E-state index >= 15 is 0 Å². The average molecular weight is 149 g/mol. The molecule has 4 nitrogen and oxygen atoms in total. The molecule has 0 aliphatic heterocycles. The first-order valence-corrected chi connectivity index (χ1v) is 3.23. The topological polar surface area (TPSA) is 50.8 Å². The van der Waals surface area contributed by atoms with Gasteiger partial charge in [-0.3, -0.25) is 5.10 Å². The molecule has 0 aliphatic rings. The molecule has 0 aliphatic carbocycles. The van der Waals surface area contributed by atoms with E-state index in [1.807, 2.05) is 6.07 Å². The highest BCUT2D eigenvalue weighted by molar-refractivity contribution is 5.77. The lowest BCUT2D eigenvalue weighted by atomic mass is 10.3. The van der Waals surface area contributed by atoms with Crippen LogP contribution in [-0.2, 0) is 0 Å². The summed E-state index contributed by atoms with van der Waals surface area (Å²) in [6.07, 6.45) is 3.44. The molecule has 0 amide bonds. The molecule has 56 valence electrons. The summed E-state index contributed by atoms with van der Waals surface area (Å²) < 4.78 is 4.93. The Bertz CT molecular complexity index is 368. The zero-order valence-electron chi connectivity index (χ0n) is 6.03. The lowest BCUT2D eigenvalue weighted by molar-refractivity contribution is 0.398. The van der Waals surface area contributed by atoms with E-state index < -0.39 is 0 Å². The summed E-state index contributed by atoms with van der Waals surface area (Å²) in [5, 5.41) is 7.67. The summed E-state index contributed by atoms with van der Waals surface area (Å²) >= 11 is 0. The molecule has 2 heterocycles. The Kier molecular flexibility index (Phi) is 1.25. The van der Waals surface area contributed by atoms with Crippen LogP contribution in [0.2, 0.25) is 0 Å². The fourth-order valence-corrected chi connectivity index (χ4v) is 0.929. The van der Waals surface area contributed by atoms with E-state index in [9.17, 15) is 0 Å². The molecular weight excluding hydrogens is 142 g/mol. The van der Waals surface area contributed by atoms with Gasteiger partial charge >= 0.3 is 0 Å². The molecule has 0 aromatic carbocycles. The average Bonchev–Trinajstić information content (AvgIpc) is 2.50. The van der Waals surface area contributed by atoms with Crippen molar-refractivity contribution in [3.63, 3.8) is 0 Å². The zero-order valence-corrected chi connectivity index (χ0v) is 6.03. The van der Waals surface area contributed by atoms with Gasteiger partial charge in [-0.2, -0.15) is 5.10 Å². The van der Waals surface area contributed by atoms with E-state index in [1.54, 1.807) is 19.5 Å². The fraction of sp³-hybridized carbons (Fsp3) is 0.143. The van der Waals surface area contributed by atoms with Crippen molar-refractivity contribution in [2.45, 2.75) is 0 Å². The van der Waals surface area contributed by atoms with Gasteiger partial charge in [0.05, 0.1) is 18.8 Å². The fourth-order valence-electron chi connectivity index (χ4n) is 0.929. The molecule has 0 spiro atoms. The number of nitrogens with one attached hydrogen (secondary N) is 1. The highest BCUT2D eigenvalue weighted by Crippen LogP contribution is 2.13. The van der Waals surface area contributed by atoms with Crippen molar-refractivity contribution in [1.82, 2.24) is 15.2 Å². The molecule has 0 saturated heterocycles. The minimum Gasteiger partial charge on any atom is -0.481 e. The Morgan fingerprint density at radius 1 is 1.45 bits per heavy atom. The second kappa shape index (κ2) is 2.23. The van der Waals surface area contributed by atoms with E-state index in [1.165, 1.54) is 0 Å². The van der Waals surface area contributed by atoms with E-state index in [2.05, 4.69) is 15.2 Å². The Morgan fingerprint density at radius 3 is 3.18 bits per heavy atom. The summed E-state index contributed by atoms with van der Waals surface area (Å²) in [5.74, 6) is 0.599. The van der Waals surface area contributed by atoms with Crippen molar-refractivity contribution in [3.8, 4) is 5.88 Å². The van der Waals surface area contributed by atoms with Gasteiger partial charge in [0.25, 0.3) is 0 Å². The van der Waals surface area contributed by atoms with Crippen LogP contribution < -0.4 is 4.74 Å². The Morgan fingerprint density at radius 2 is 2.36 bits per heavy atom. The molecule has 0 radical (unpaired) electrons. The molecule has 0 atom stereocenters. The van der Waals surface area contributed by atoms with Crippen molar-refractivity contribution in [3.05, 3.63) is 18.5 Å². The SMILES string of the molecule is COc1cc2[nH]ncc2cn1. The maximum atomic E-state index is 4.93. The lowest BCUT2D eigenvalue weighted by Gasteiger charge is -1.95. The van der Waals surface area contributed by atoms with Gasteiger partial charge in [0.2, 0.25) is 5.88 Å². The number of fused-ring (bicyclic) bond motifs is 1. The predicted molar refractivity (Wildman–Crippen MR) is 40.4 cm³/mol. The maximum Gasteiger partial charge on any atom is 0.215 e. The molecular formula is C7H7N3O. The maximum absolute atomic E-state index is 4.93. The number of nitrogens with zero attached hydrogens (tertiary/aromatic N) is 2. The van der Waals surface area contributed by atoms with E-state index in [-0.39, 0.29) is 0 Å². The largest absolute Gasteiger partial charge is 0.481 e. The van der Waals surface area contributed by atoms with Crippen LogP contribution in [-0.4, -0.2) is 22.3 Å². The molecule has 4 heteroatoms. The molecule has 11 heavy (non-hydrogen) atoms. The number of rotatable bonds is 1. The van der Waals surface area contributed by atoms with Crippen LogP contribution in [0.1, 0.15) is 0 Å². The van der Waals surface area contributed by atoms with Gasteiger partial charge in [-0.15, -0.1) is 0 Å². The van der Waals surface area contributed by atoms with E-state index in [4.69, 9.17) is 4.74 Å². The van der Waals surface area contributed by atoms with Crippen LogP contribution in [0.5, 0.6) is 5.88 Å². The molecule has 1 N–H and O–H groups in total. The molecule has 0 saturated carbocycles. The van der Waals surface area contributed by atoms with Crippen LogP contribution in [0.3, 0.4) is 0 Å². The first-order valence-electron chi connectivity index (χ1n) is 3.23. The van der Waals surface area contributed by atoms with Crippen molar-refractivity contribution >= 4 is 10.9 Å². The standard InChI is InChI=1S/C7H7N3O/c1-11-7-2-6-5(3-8-7)4-9-10-6/h2-4H,1H3,(H,9,10). The van der Waals surface area contributed by atoms with Crippen LogP contribution in [0.15, 0.2) is 18.5 Å². The van der Waals surface area contributed by atoms with Gasteiger partial charge < -0.3 is 4.74 Å². The second-order valence-corrected chi connectivity index (χ2v) is 2.18. The summed E-state index contributed by atoms with van der Waals surface area (Å²) in [6, 6.07) is 1.81. The molecule has 0 unspecified atom stereocenters. The summed E-state index contributed by atoms with van der Waals surface area (Å²) in [4.78, 5) is 4.02. The van der Waals surface area contributed by atoms with Crippen LogP contribution in [0.4, 0.5) is 0 Å². The summed E-state index contributed by atoms with van der Waals surface area (Å²) in [6.45, 7) is 0. The molecule has 2 aromatic rings. The highest BCUT2D eigenvalue weighted by Gasteiger charge is 1.97. The quantitative estimate of drug-likeness (QED) is 0.657. The molecule has 0 fully saturated rings. The van der Waals surface area contributed by atoms with Gasteiger partial charge in [0.15, 0.2) is 0 Å². The first kappa shape index (κ1) is 6.15. The zero-order chi connectivity index (χ0) is 7.68. The number of methoxy groups -OCH3 is 1. The summed E-state index contributed by atoms with van der Waals surface area (Å²) in [7, 11) is 1.59. The third-order valence-corrected chi connectivity index (χ3v) is 1.51. The first-order chi connectivity index (χ1) is 5.40. The van der Waals surface area contributed by atoms with Gasteiger partial charge in [-0.05, 0) is 0 Å². The second-order valence-electron chi connectivity index (χ2n) is 2.18. The minimum absolute atomic E-state index is 0.599. The molecule has 0 bridgehead atoms. The summed E-state index contributed by atoms with van der Waals surface area (Å²) in [5.41, 5.74) is 0.942. The monoisotopic (exact) mass is 149 g/mol. The lowest BCUT2D eigenvalue weighted by Crippen LogP contribution is -1.85. The van der Waals surface area contributed by atoms with E-state index in [0.29, 0.717) is 5.88 Å². The number of hydrogen-bond donors (Lipinski definition) is 1. The normalized spacial score (nSPS) is 10.3. The number of H-pyrrole nitrogens is 1. The number of pyridine rings is 1. The Hall–Kier alpha value is -1.58. The van der Waals surface area contributed by atoms with Crippen molar-refractivity contribution in [2.75, 3.05) is 7.11 Å². The van der Waals surface area contributed by atoms with Crippen molar-refractivity contribution in [1.29, 1.82) is 0 Å². The van der Waals surface area contributed by atoms with E-state index in [0.717, 1.165) is 10.9 Å². The van der Waals surface area contributed by atoms with Crippen LogP contribution >= 0.6 is 0 Å². The molecule has 2 rings (SSSR count). The van der Waals surface area contributed by atoms with Crippen molar-refractivity contribution < 1.29 is 4.74 Å². The van der Waals surface area contributed by atoms with Crippen LogP contribution in [0.25, 0.3) is 10.9 Å². The molecule has 2 aromatic heterocycles. The Balaban J connectivity index is 2.67. The van der Waals surface area contributed by atoms with Crippen LogP contribution in [0, 0.1) is 0 Å². The highest BCUT2D eigenvalue weighted by atomic mass is 16.5. The van der Waals surface area contributed by atoms with Crippen molar-refractivity contribution in [2.24, 2.45) is 0 Å². The smallest absolute Gasteiger partial charge is 0.215 e. The van der Waals surface area contributed by atoms with Gasteiger partial charge in [-0.25, -0.2) is 4.98 Å². The third kappa shape index (κ3) is 0.920.